The Balaban J connectivity index is -0.000000107. The molecule has 60 valence electrons. The molecule has 0 aliphatic carbocycles. The predicted octanol–water partition coefficient (Wildman–Crippen LogP) is -4.58. The van der Waals surface area contributed by atoms with Crippen molar-refractivity contribution in [1.82, 2.24) is 0 Å². The zero-order valence-electron chi connectivity index (χ0n) is 5.78. The van der Waals surface area contributed by atoms with E-state index in [4.69, 9.17) is 24.9 Å². The van der Waals surface area contributed by atoms with Crippen LogP contribution in [0.1, 0.15) is 0 Å². The first-order valence-corrected chi connectivity index (χ1v) is 2.25. The Labute approximate surface area is 75.8 Å². The summed E-state index contributed by atoms with van der Waals surface area (Å²) in [5.74, 6) is -2.66. The van der Waals surface area contributed by atoms with Crippen molar-refractivity contribution in [2.45, 2.75) is 0 Å². The van der Waals surface area contributed by atoms with Gasteiger partial charge in [0, 0.05) is 6.54 Å². The van der Waals surface area contributed by atoms with Gasteiger partial charge in [0.05, 0.1) is 18.5 Å². The fraction of sp³-hybridized carbons (Fsp3) is 0.500. The predicted molar refractivity (Wildman–Crippen MR) is 26.2 cm³/mol. The number of hydrogen-bond acceptors (Lipinski definition) is 6. The molecule has 0 spiro atoms. The van der Waals surface area contributed by atoms with Crippen molar-refractivity contribution >= 4 is 11.9 Å². The zero-order valence-corrected chi connectivity index (χ0v) is 8.75. The van der Waals surface area contributed by atoms with Crippen LogP contribution in [-0.4, -0.2) is 30.2 Å². The van der Waals surface area contributed by atoms with E-state index in [1.54, 1.807) is 0 Å². The van der Waals surface area contributed by atoms with Crippen molar-refractivity contribution in [3.8, 4) is 0 Å². The van der Waals surface area contributed by atoms with Crippen LogP contribution in [0.5, 0.6) is 0 Å². The summed E-state index contributed by atoms with van der Waals surface area (Å²) in [5, 5.41) is 25.6. The van der Waals surface area contributed by atoms with Gasteiger partial charge in [-0.25, -0.2) is 0 Å². The number of carboxylic acid groups (broad SMARTS) is 2. The van der Waals surface area contributed by atoms with Gasteiger partial charge in [0.1, 0.15) is 0 Å². The summed E-state index contributed by atoms with van der Waals surface area (Å²) >= 11 is 0. The molecule has 0 aromatic heterocycles. The molecule has 0 amide bonds. The molecule has 3 N–H and O–H groups in total. The van der Waals surface area contributed by atoms with E-state index in [1.807, 2.05) is 0 Å². The van der Waals surface area contributed by atoms with E-state index in [0.717, 1.165) is 0 Å². The molecule has 0 unspecified atom stereocenters. The first-order chi connectivity index (χ1) is 4.54. The van der Waals surface area contributed by atoms with Crippen molar-refractivity contribution in [2.24, 2.45) is 5.73 Å². The maximum atomic E-state index is 9.13. The van der Waals surface area contributed by atoms with Crippen LogP contribution in [0.2, 0.25) is 0 Å². The third kappa shape index (κ3) is 43.8. The summed E-state index contributed by atoms with van der Waals surface area (Å²) in [4.78, 5) is 18.1. The molecular formula is C4H7NO5Zn. The fourth-order valence-electron chi connectivity index (χ4n) is 0. The number of aliphatic hydroxyl groups excluding tert-OH is 1. The number of aliphatic hydroxyl groups is 1. The van der Waals surface area contributed by atoms with E-state index < -0.39 is 18.5 Å². The van der Waals surface area contributed by atoms with Crippen molar-refractivity contribution in [3.63, 3.8) is 0 Å². The second-order valence-electron chi connectivity index (χ2n) is 1.11. The summed E-state index contributed by atoms with van der Waals surface area (Å²) in [6, 6.07) is 0. The molecule has 0 atom stereocenters. The van der Waals surface area contributed by atoms with E-state index in [9.17, 15) is 0 Å². The second-order valence-corrected chi connectivity index (χ2v) is 1.11. The van der Waals surface area contributed by atoms with Gasteiger partial charge < -0.3 is 30.6 Å². The molecular weight excluding hydrogens is 207 g/mol. The van der Waals surface area contributed by atoms with E-state index in [1.165, 1.54) is 0 Å². The van der Waals surface area contributed by atoms with Crippen LogP contribution in [0.25, 0.3) is 0 Å². The molecule has 0 radical (unpaired) electrons. The Hall–Kier alpha value is -0.517. The summed E-state index contributed by atoms with van der Waals surface area (Å²) in [6.45, 7) is -1.28. The summed E-state index contributed by atoms with van der Waals surface area (Å²) in [7, 11) is 0. The Bertz CT molecular complexity index is 103. The normalized spacial score (nSPS) is 6.73. The third-order valence-corrected chi connectivity index (χ3v) is 0.296. The number of carbonyl (C=O) groups excluding carboxylic acids is 2. The molecule has 0 aromatic carbocycles. The van der Waals surface area contributed by atoms with Gasteiger partial charge in [-0.3, -0.25) is 0 Å². The topological polar surface area (TPSA) is 127 Å². The van der Waals surface area contributed by atoms with Crippen molar-refractivity contribution in [1.29, 1.82) is 0 Å². The van der Waals surface area contributed by atoms with Gasteiger partial charge in [-0.2, -0.15) is 0 Å². The molecule has 0 heterocycles. The summed E-state index contributed by atoms with van der Waals surface area (Å²) < 4.78 is 0. The number of rotatable bonds is 2. The van der Waals surface area contributed by atoms with Crippen molar-refractivity contribution < 1.29 is 44.4 Å². The van der Waals surface area contributed by atoms with Crippen LogP contribution < -0.4 is 15.9 Å². The second kappa shape index (κ2) is 12.2. The minimum Gasteiger partial charge on any atom is -0.549 e. The van der Waals surface area contributed by atoms with Crippen LogP contribution in [-0.2, 0) is 29.1 Å². The van der Waals surface area contributed by atoms with Crippen LogP contribution in [0.3, 0.4) is 0 Å². The minimum atomic E-state index is -1.44. The molecule has 0 aliphatic rings. The molecule has 0 aromatic rings. The van der Waals surface area contributed by atoms with Gasteiger partial charge in [-0.15, -0.1) is 0 Å². The molecule has 0 fully saturated rings. The summed E-state index contributed by atoms with van der Waals surface area (Å²) in [6.07, 6.45) is 0. The van der Waals surface area contributed by atoms with Gasteiger partial charge in [-0.05, 0) is 0 Å². The first kappa shape index (κ1) is 16.8. The van der Waals surface area contributed by atoms with Crippen molar-refractivity contribution in [2.75, 3.05) is 13.2 Å². The SMILES string of the molecule is NCC(=O)[O-].O=C([O-])CO.[Zn+2]. The quantitative estimate of drug-likeness (QED) is 0.446. The molecule has 0 aliphatic heterocycles. The number of carboxylic acids is 2. The standard InChI is InChI=1S/C2H5NO2.C2H4O3.Zn/c2*3-1-2(4)5;/h1,3H2,(H,4,5);3H,1H2,(H,4,5);/q;;+2/p-2. The van der Waals surface area contributed by atoms with Gasteiger partial charge >= 0.3 is 19.5 Å². The average molecular weight is 214 g/mol. The zero-order chi connectivity index (χ0) is 8.57. The molecule has 6 nitrogen and oxygen atoms in total. The number of hydrogen-bond donors (Lipinski definition) is 2. The largest absolute Gasteiger partial charge is 2.00 e. The number of aliphatic carboxylic acids is 2. The molecule has 0 rings (SSSR count). The molecule has 7 heteroatoms. The van der Waals surface area contributed by atoms with E-state index in [2.05, 4.69) is 5.73 Å². The Morgan fingerprint density at radius 3 is 1.45 bits per heavy atom. The van der Waals surface area contributed by atoms with E-state index >= 15 is 0 Å². The Morgan fingerprint density at radius 1 is 1.27 bits per heavy atom. The monoisotopic (exact) mass is 213 g/mol. The smallest absolute Gasteiger partial charge is 0.549 e. The van der Waals surface area contributed by atoms with Crippen LogP contribution >= 0.6 is 0 Å². The van der Waals surface area contributed by atoms with Gasteiger partial charge in [0.25, 0.3) is 0 Å². The molecule has 11 heavy (non-hydrogen) atoms. The fourth-order valence-corrected chi connectivity index (χ4v) is 0. The first-order valence-electron chi connectivity index (χ1n) is 2.25. The molecule has 0 bridgehead atoms. The van der Waals surface area contributed by atoms with Gasteiger partial charge in [0.15, 0.2) is 0 Å². The number of carbonyl (C=O) groups is 2. The van der Waals surface area contributed by atoms with Crippen molar-refractivity contribution in [3.05, 3.63) is 0 Å². The van der Waals surface area contributed by atoms with Crippen LogP contribution in [0, 0.1) is 0 Å². The third-order valence-electron chi connectivity index (χ3n) is 0.296. The van der Waals surface area contributed by atoms with E-state index in [-0.39, 0.29) is 26.0 Å². The maximum Gasteiger partial charge on any atom is 2.00 e. The Kier molecular flexibility index (Phi) is 18.7. The molecule has 0 saturated heterocycles. The van der Waals surface area contributed by atoms with Crippen LogP contribution in [0.15, 0.2) is 0 Å². The van der Waals surface area contributed by atoms with Gasteiger partial charge in [0.2, 0.25) is 0 Å². The summed E-state index contributed by atoms with van der Waals surface area (Å²) in [5.41, 5.74) is 4.51. The van der Waals surface area contributed by atoms with E-state index in [0.29, 0.717) is 0 Å². The van der Waals surface area contributed by atoms with Crippen LogP contribution in [0.4, 0.5) is 0 Å². The Morgan fingerprint density at radius 2 is 1.45 bits per heavy atom. The minimum absolute atomic E-state index is 0. The average Bonchev–Trinajstić information content (AvgIpc) is 1.89. The number of nitrogens with two attached hydrogens (primary N) is 1. The van der Waals surface area contributed by atoms with Gasteiger partial charge in [-0.1, -0.05) is 0 Å². The maximum absolute atomic E-state index is 9.13. The molecule has 0 saturated carbocycles.